The van der Waals surface area contributed by atoms with Gasteiger partial charge in [0, 0.05) is 15.9 Å². The van der Waals surface area contributed by atoms with E-state index in [0.717, 1.165) is 22.9 Å². The Kier molecular flexibility index (Phi) is 3.10. The zero-order chi connectivity index (χ0) is 14.6. The van der Waals surface area contributed by atoms with Crippen molar-refractivity contribution < 1.29 is 4.92 Å². The van der Waals surface area contributed by atoms with E-state index in [2.05, 4.69) is 15.9 Å². The third-order valence-corrected chi connectivity index (χ3v) is 4.81. The summed E-state index contributed by atoms with van der Waals surface area (Å²) >= 11 is 9.52. The maximum absolute atomic E-state index is 12.4. The van der Waals surface area contributed by atoms with Gasteiger partial charge in [-0.25, -0.2) is 0 Å². The molecule has 1 aliphatic rings. The molecular formula is C13H10BrClN2O3. The van der Waals surface area contributed by atoms with Crippen LogP contribution in [-0.2, 0) is 0 Å². The molecule has 0 bridgehead atoms. The number of nitro groups is 1. The lowest BCUT2D eigenvalue weighted by Gasteiger charge is -2.14. The molecule has 7 heteroatoms. The molecule has 3 rings (SSSR count). The number of halogens is 2. The average molecular weight is 358 g/mol. The molecule has 20 heavy (non-hydrogen) atoms. The van der Waals surface area contributed by atoms with Crippen molar-refractivity contribution in [1.82, 2.24) is 4.57 Å². The van der Waals surface area contributed by atoms with E-state index < -0.39 is 16.2 Å². The first-order valence-corrected chi connectivity index (χ1v) is 7.27. The van der Waals surface area contributed by atoms with Crippen LogP contribution in [0, 0.1) is 17.0 Å². The van der Waals surface area contributed by atoms with Gasteiger partial charge in [0.2, 0.25) is 0 Å². The van der Waals surface area contributed by atoms with Crippen molar-refractivity contribution in [3.8, 4) is 0 Å². The third kappa shape index (κ3) is 1.86. The number of aromatic nitrogens is 1. The van der Waals surface area contributed by atoms with Crippen LogP contribution >= 0.6 is 27.5 Å². The maximum atomic E-state index is 12.4. The Morgan fingerprint density at radius 1 is 1.45 bits per heavy atom. The molecule has 1 aromatic carbocycles. The number of benzene rings is 1. The normalized spacial score (nSPS) is 14.8. The van der Waals surface area contributed by atoms with Crippen molar-refractivity contribution in [1.29, 1.82) is 0 Å². The van der Waals surface area contributed by atoms with Gasteiger partial charge in [0.1, 0.15) is 5.02 Å². The SMILES string of the molecule is Cc1c(Br)ccc2c(Cl)c([N+](=O)[O-])c(=O)n(C3CC3)c12. The van der Waals surface area contributed by atoms with E-state index in [-0.39, 0.29) is 11.1 Å². The monoisotopic (exact) mass is 356 g/mol. The third-order valence-electron chi connectivity index (χ3n) is 3.57. The molecule has 2 aromatic rings. The van der Waals surface area contributed by atoms with Crippen LogP contribution in [0.2, 0.25) is 5.02 Å². The summed E-state index contributed by atoms with van der Waals surface area (Å²) < 4.78 is 2.38. The van der Waals surface area contributed by atoms with Crippen molar-refractivity contribution in [2.75, 3.05) is 0 Å². The highest BCUT2D eigenvalue weighted by molar-refractivity contribution is 9.10. The molecule has 104 valence electrons. The van der Waals surface area contributed by atoms with Gasteiger partial charge in [0.15, 0.2) is 0 Å². The molecule has 1 aromatic heterocycles. The van der Waals surface area contributed by atoms with E-state index in [0.29, 0.717) is 10.9 Å². The fourth-order valence-electron chi connectivity index (χ4n) is 2.44. The number of rotatable bonds is 2. The Bertz CT molecular complexity index is 812. The quantitative estimate of drug-likeness (QED) is 0.603. The molecule has 0 spiro atoms. The van der Waals surface area contributed by atoms with Crippen LogP contribution in [0.4, 0.5) is 5.69 Å². The lowest BCUT2D eigenvalue weighted by molar-refractivity contribution is -0.386. The van der Waals surface area contributed by atoms with Gasteiger partial charge in [0.25, 0.3) is 0 Å². The maximum Gasteiger partial charge on any atom is 0.353 e. The standard InChI is InChI=1S/C13H10BrClN2O3/c1-6-9(14)5-4-8-10(15)12(17(19)20)13(18)16(11(6)8)7-2-3-7/h4-5,7H,2-3H2,1H3. The second-order valence-electron chi connectivity index (χ2n) is 4.89. The van der Waals surface area contributed by atoms with E-state index in [1.807, 2.05) is 6.92 Å². The lowest BCUT2D eigenvalue weighted by atomic mass is 10.1. The zero-order valence-corrected chi connectivity index (χ0v) is 12.9. The van der Waals surface area contributed by atoms with Gasteiger partial charge in [0.05, 0.1) is 10.4 Å². The van der Waals surface area contributed by atoms with E-state index in [4.69, 9.17) is 11.6 Å². The zero-order valence-electron chi connectivity index (χ0n) is 10.5. The summed E-state index contributed by atoms with van der Waals surface area (Å²) in [6.07, 6.45) is 1.72. The van der Waals surface area contributed by atoms with E-state index in [1.165, 1.54) is 4.57 Å². The van der Waals surface area contributed by atoms with Crippen molar-refractivity contribution in [2.24, 2.45) is 0 Å². The smallest absolute Gasteiger partial charge is 0.299 e. The summed E-state index contributed by atoms with van der Waals surface area (Å²) in [5, 5.41) is 11.6. The number of aryl methyl sites for hydroxylation is 1. The number of hydrogen-bond acceptors (Lipinski definition) is 3. The Morgan fingerprint density at radius 3 is 2.65 bits per heavy atom. The van der Waals surface area contributed by atoms with Crippen LogP contribution in [-0.4, -0.2) is 9.49 Å². The lowest BCUT2D eigenvalue weighted by Crippen LogP contribution is -2.23. The van der Waals surface area contributed by atoms with Gasteiger partial charge < -0.3 is 0 Å². The van der Waals surface area contributed by atoms with Gasteiger partial charge in [-0.2, -0.15) is 0 Å². The number of hydrogen-bond donors (Lipinski definition) is 0. The molecule has 0 aliphatic heterocycles. The van der Waals surface area contributed by atoms with Crippen LogP contribution in [0.3, 0.4) is 0 Å². The van der Waals surface area contributed by atoms with Gasteiger partial charge in [-0.1, -0.05) is 27.5 Å². The Balaban J connectivity index is 2.57. The topological polar surface area (TPSA) is 65.1 Å². The summed E-state index contributed by atoms with van der Waals surface area (Å²) in [5.41, 5.74) is 0.398. The van der Waals surface area contributed by atoms with Crippen LogP contribution < -0.4 is 5.56 Å². The molecule has 1 saturated carbocycles. The Hall–Kier alpha value is -1.40. The number of pyridine rings is 1. The molecule has 0 amide bonds. The first-order valence-electron chi connectivity index (χ1n) is 6.10. The predicted octanol–water partition coefficient (Wildman–Crippen LogP) is 3.97. The summed E-state index contributed by atoms with van der Waals surface area (Å²) in [5.74, 6) is 0. The van der Waals surface area contributed by atoms with Crippen LogP contribution in [0.25, 0.3) is 10.9 Å². The van der Waals surface area contributed by atoms with Crippen LogP contribution in [0.15, 0.2) is 21.4 Å². The molecule has 0 radical (unpaired) electrons. The molecule has 1 heterocycles. The first-order chi connectivity index (χ1) is 9.43. The summed E-state index contributed by atoms with van der Waals surface area (Å²) in [6.45, 7) is 1.87. The molecule has 5 nitrogen and oxygen atoms in total. The second-order valence-corrected chi connectivity index (χ2v) is 6.13. The Morgan fingerprint density at radius 2 is 2.10 bits per heavy atom. The molecular weight excluding hydrogens is 348 g/mol. The largest absolute Gasteiger partial charge is 0.353 e. The minimum absolute atomic E-state index is 0.0361. The van der Waals surface area contributed by atoms with Crippen LogP contribution in [0.1, 0.15) is 24.4 Å². The first kappa shape index (κ1) is 13.6. The fraction of sp³-hybridized carbons (Fsp3) is 0.308. The summed E-state index contributed by atoms with van der Waals surface area (Å²) in [4.78, 5) is 22.8. The Labute approximate surface area is 127 Å². The van der Waals surface area contributed by atoms with Crippen molar-refractivity contribution in [3.05, 3.63) is 47.7 Å². The van der Waals surface area contributed by atoms with Gasteiger partial charge in [-0.05, 0) is 37.5 Å². The minimum Gasteiger partial charge on any atom is -0.299 e. The van der Waals surface area contributed by atoms with E-state index >= 15 is 0 Å². The second kappa shape index (κ2) is 4.56. The summed E-state index contributed by atoms with van der Waals surface area (Å²) in [6, 6.07) is 3.53. The van der Waals surface area contributed by atoms with Gasteiger partial charge >= 0.3 is 11.2 Å². The highest BCUT2D eigenvalue weighted by Gasteiger charge is 2.33. The van der Waals surface area contributed by atoms with Gasteiger partial charge in [-0.15, -0.1) is 0 Å². The van der Waals surface area contributed by atoms with Crippen molar-refractivity contribution in [3.63, 3.8) is 0 Å². The number of fused-ring (bicyclic) bond motifs is 1. The van der Waals surface area contributed by atoms with E-state index in [9.17, 15) is 14.9 Å². The molecule has 0 N–H and O–H groups in total. The molecule has 0 atom stereocenters. The summed E-state index contributed by atoms with van der Waals surface area (Å²) in [7, 11) is 0. The highest BCUT2D eigenvalue weighted by Crippen LogP contribution is 2.41. The number of nitrogens with zero attached hydrogens (tertiary/aromatic N) is 2. The van der Waals surface area contributed by atoms with Crippen molar-refractivity contribution in [2.45, 2.75) is 25.8 Å². The molecule has 0 saturated heterocycles. The van der Waals surface area contributed by atoms with E-state index in [1.54, 1.807) is 12.1 Å². The fourth-order valence-corrected chi connectivity index (χ4v) is 3.06. The minimum atomic E-state index is -0.694. The molecule has 1 fully saturated rings. The van der Waals surface area contributed by atoms with Gasteiger partial charge in [-0.3, -0.25) is 19.5 Å². The molecule has 1 aliphatic carbocycles. The predicted molar refractivity (Wildman–Crippen MR) is 80.6 cm³/mol. The molecule has 0 unspecified atom stereocenters. The average Bonchev–Trinajstić information content (AvgIpc) is 3.18. The van der Waals surface area contributed by atoms with Crippen molar-refractivity contribution >= 4 is 44.1 Å². The highest BCUT2D eigenvalue weighted by atomic mass is 79.9. The van der Waals surface area contributed by atoms with Crippen LogP contribution in [0.5, 0.6) is 0 Å².